The van der Waals surface area contributed by atoms with E-state index in [-0.39, 0.29) is 23.3 Å². The highest BCUT2D eigenvalue weighted by molar-refractivity contribution is 7.99. The van der Waals surface area contributed by atoms with Crippen LogP contribution < -0.4 is 10.9 Å². The van der Waals surface area contributed by atoms with Crippen molar-refractivity contribution in [1.29, 1.82) is 0 Å². The van der Waals surface area contributed by atoms with Gasteiger partial charge in [-0.15, -0.1) is 0 Å². The molecule has 0 radical (unpaired) electrons. The fraction of sp³-hybridized carbons (Fsp3) is 0.278. The largest absolute Gasteiger partial charge is 0.467 e. The predicted molar refractivity (Wildman–Crippen MR) is 97.7 cm³/mol. The second-order valence-electron chi connectivity index (χ2n) is 5.55. The Morgan fingerprint density at radius 1 is 1.32 bits per heavy atom. The molecule has 0 aliphatic carbocycles. The van der Waals surface area contributed by atoms with E-state index in [1.165, 1.54) is 11.8 Å². The molecule has 0 bridgehead atoms. The molecular formula is C18H19N3O3S. The maximum atomic E-state index is 12.6. The number of carbonyl (C=O) groups excluding carboxylic acids is 1. The summed E-state index contributed by atoms with van der Waals surface area (Å²) < 4.78 is 6.87. The summed E-state index contributed by atoms with van der Waals surface area (Å²) in [6, 6.07) is 10.6. The van der Waals surface area contributed by atoms with Gasteiger partial charge in [0.1, 0.15) is 5.76 Å². The van der Waals surface area contributed by atoms with Gasteiger partial charge in [0, 0.05) is 6.54 Å². The van der Waals surface area contributed by atoms with Crippen LogP contribution in [-0.2, 0) is 11.3 Å². The smallest absolute Gasteiger partial charge is 0.262 e. The third-order valence-corrected chi connectivity index (χ3v) is 4.80. The van der Waals surface area contributed by atoms with Crippen molar-refractivity contribution in [2.24, 2.45) is 0 Å². The molecule has 0 spiro atoms. The van der Waals surface area contributed by atoms with Crippen molar-refractivity contribution in [2.45, 2.75) is 31.6 Å². The van der Waals surface area contributed by atoms with Crippen LogP contribution >= 0.6 is 11.8 Å². The van der Waals surface area contributed by atoms with Crippen LogP contribution in [0.3, 0.4) is 0 Å². The molecule has 130 valence electrons. The van der Waals surface area contributed by atoms with Gasteiger partial charge in [-0.2, -0.15) is 0 Å². The monoisotopic (exact) mass is 357 g/mol. The van der Waals surface area contributed by atoms with Crippen LogP contribution in [0.1, 0.15) is 25.6 Å². The number of nitrogens with one attached hydrogen (secondary N) is 1. The number of rotatable bonds is 6. The Hall–Kier alpha value is -2.54. The summed E-state index contributed by atoms with van der Waals surface area (Å²) in [5, 5.41) is 4.01. The molecule has 2 heterocycles. The number of carbonyl (C=O) groups is 1. The Balaban J connectivity index is 1.74. The highest BCUT2D eigenvalue weighted by Crippen LogP contribution is 2.18. The normalized spacial score (nSPS) is 12.2. The maximum absolute atomic E-state index is 12.6. The number of nitrogens with zero attached hydrogens (tertiary/aromatic N) is 2. The second kappa shape index (κ2) is 7.57. The molecule has 0 fully saturated rings. The second-order valence-corrected chi connectivity index (χ2v) is 6.50. The van der Waals surface area contributed by atoms with E-state index in [0.717, 1.165) is 0 Å². The first kappa shape index (κ1) is 17.3. The Bertz CT molecular complexity index is 934. The van der Waals surface area contributed by atoms with Crippen molar-refractivity contribution in [1.82, 2.24) is 14.9 Å². The van der Waals surface area contributed by atoms with Gasteiger partial charge < -0.3 is 9.73 Å². The fourth-order valence-corrected chi connectivity index (χ4v) is 3.43. The van der Waals surface area contributed by atoms with E-state index in [1.807, 2.05) is 32.0 Å². The average Bonchev–Trinajstić information content (AvgIpc) is 3.15. The summed E-state index contributed by atoms with van der Waals surface area (Å²) in [5.74, 6) is 0.738. The summed E-state index contributed by atoms with van der Waals surface area (Å²) in [4.78, 5) is 29.3. The van der Waals surface area contributed by atoms with Crippen LogP contribution in [0.15, 0.2) is 57.0 Å². The van der Waals surface area contributed by atoms with Crippen molar-refractivity contribution < 1.29 is 9.21 Å². The van der Waals surface area contributed by atoms with Crippen molar-refractivity contribution in [2.75, 3.05) is 5.75 Å². The lowest BCUT2D eigenvalue weighted by atomic mass is 10.2. The predicted octanol–water partition coefficient (Wildman–Crippen LogP) is 2.98. The van der Waals surface area contributed by atoms with Crippen molar-refractivity contribution in [3.05, 3.63) is 58.8 Å². The van der Waals surface area contributed by atoms with Gasteiger partial charge in [0.2, 0.25) is 5.91 Å². The van der Waals surface area contributed by atoms with E-state index in [9.17, 15) is 9.59 Å². The minimum absolute atomic E-state index is 0.0834. The summed E-state index contributed by atoms with van der Waals surface area (Å²) in [6.45, 7) is 4.25. The van der Waals surface area contributed by atoms with Crippen LogP contribution in [0.4, 0.5) is 0 Å². The van der Waals surface area contributed by atoms with Crippen LogP contribution in [0.2, 0.25) is 0 Å². The molecule has 3 aromatic rings. The zero-order chi connectivity index (χ0) is 17.8. The zero-order valence-corrected chi connectivity index (χ0v) is 14.9. The quantitative estimate of drug-likeness (QED) is 0.542. The molecule has 0 aliphatic heterocycles. The van der Waals surface area contributed by atoms with E-state index in [2.05, 4.69) is 10.3 Å². The summed E-state index contributed by atoms with van der Waals surface area (Å²) in [7, 11) is 0. The molecule has 1 amide bonds. The number of benzene rings is 1. The topological polar surface area (TPSA) is 77.1 Å². The molecule has 25 heavy (non-hydrogen) atoms. The number of furan rings is 1. The molecule has 2 aromatic heterocycles. The van der Waals surface area contributed by atoms with Crippen molar-refractivity contribution in [3.8, 4) is 0 Å². The summed E-state index contributed by atoms with van der Waals surface area (Å²) >= 11 is 1.26. The van der Waals surface area contributed by atoms with Gasteiger partial charge in [0.05, 0.1) is 29.0 Å². The molecular weight excluding hydrogens is 338 g/mol. The van der Waals surface area contributed by atoms with Gasteiger partial charge >= 0.3 is 0 Å². The lowest BCUT2D eigenvalue weighted by Crippen LogP contribution is -2.29. The molecule has 3 rings (SSSR count). The van der Waals surface area contributed by atoms with Crippen LogP contribution in [0.5, 0.6) is 0 Å². The number of thioether (sulfide) groups is 1. The molecule has 0 unspecified atom stereocenters. The zero-order valence-electron chi connectivity index (χ0n) is 14.1. The number of para-hydroxylation sites is 1. The summed E-state index contributed by atoms with van der Waals surface area (Å²) in [6.07, 6.45) is 1.58. The lowest BCUT2D eigenvalue weighted by molar-refractivity contribution is -0.119. The number of fused-ring (bicyclic) bond motifs is 1. The van der Waals surface area contributed by atoms with Crippen LogP contribution in [-0.4, -0.2) is 21.2 Å². The average molecular weight is 357 g/mol. The van der Waals surface area contributed by atoms with E-state index >= 15 is 0 Å². The van der Waals surface area contributed by atoms with Gasteiger partial charge in [-0.25, -0.2) is 4.98 Å². The number of amides is 1. The third-order valence-electron chi connectivity index (χ3n) is 3.82. The van der Waals surface area contributed by atoms with Crippen molar-refractivity contribution >= 4 is 28.6 Å². The Morgan fingerprint density at radius 2 is 2.12 bits per heavy atom. The van der Waals surface area contributed by atoms with Gasteiger partial charge in [-0.3, -0.25) is 14.2 Å². The minimum Gasteiger partial charge on any atom is -0.467 e. The highest BCUT2D eigenvalue weighted by Gasteiger charge is 2.15. The summed E-state index contributed by atoms with van der Waals surface area (Å²) in [5.41, 5.74) is 0.559. The molecule has 1 N–H and O–H groups in total. The first-order valence-electron chi connectivity index (χ1n) is 8.05. The van der Waals surface area contributed by atoms with Crippen molar-refractivity contribution in [3.63, 3.8) is 0 Å². The molecule has 0 saturated heterocycles. The Kier molecular flexibility index (Phi) is 5.23. The number of hydrogen-bond acceptors (Lipinski definition) is 5. The molecule has 7 heteroatoms. The molecule has 0 saturated carbocycles. The van der Waals surface area contributed by atoms with Gasteiger partial charge in [0.25, 0.3) is 5.56 Å². The fourth-order valence-electron chi connectivity index (χ4n) is 2.56. The van der Waals surface area contributed by atoms with E-state index in [0.29, 0.717) is 28.4 Å². The first-order chi connectivity index (χ1) is 12.1. The van der Waals surface area contributed by atoms with E-state index < -0.39 is 0 Å². The standard InChI is InChI=1S/C18H19N3O3S/c1-3-21-17(23)13-7-4-5-8-14(13)20-18(21)25-11-16(22)19-12(2)15-9-6-10-24-15/h4-10,12H,3,11H2,1-2H3,(H,19,22)/t12-/m0/s1. The SMILES string of the molecule is CCn1c(SCC(=O)N[C@@H](C)c2ccco2)nc2ccccc2c1=O. The molecule has 1 atom stereocenters. The van der Waals surface area contributed by atoms with Crippen LogP contribution in [0, 0.1) is 0 Å². The Labute approximate surface area is 149 Å². The number of hydrogen-bond donors (Lipinski definition) is 1. The number of aromatic nitrogens is 2. The molecule has 6 nitrogen and oxygen atoms in total. The maximum Gasteiger partial charge on any atom is 0.262 e. The van der Waals surface area contributed by atoms with Gasteiger partial charge in [0.15, 0.2) is 5.16 Å². The van der Waals surface area contributed by atoms with Gasteiger partial charge in [-0.1, -0.05) is 23.9 Å². The first-order valence-corrected chi connectivity index (χ1v) is 9.04. The molecule has 1 aromatic carbocycles. The Morgan fingerprint density at radius 3 is 2.84 bits per heavy atom. The van der Waals surface area contributed by atoms with Crippen LogP contribution in [0.25, 0.3) is 10.9 Å². The van der Waals surface area contributed by atoms with Gasteiger partial charge in [-0.05, 0) is 38.1 Å². The minimum atomic E-state index is -0.207. The highest BCUT2D eigenvalue weighted by atomic mass is 32.2. The third kappa shape index (κ3) is 3.76. The van der Waals surface area contributed by atoms with E-state index in [1.54, 1.807) is 29.0 Å². The lowest BCUT2D eigenvalue weighted by Gasteiger charge is -2.13. The van der Waals surface area contributed by atoms with E-state index in [4.69, 9.17) is 4.42 Å². The molecule has 0 aliphatic rings.